The molecular weight excluding hydrogens is 159 g/mol. The van der Waals surface area contributed by atoms with Crippen LogP contribution in [-0.2, 0) is 11.2 Å². The Hall–Kier alpha value is -1.58. The number of amides is 1. The SMILES string of the molecule is Nc1ccc2c(c1F)CC(=O)N2. The maximum atomic E-state index is 13.2. The van der Waals surface area contributed by atoms with Gasteiger partial charge in [0.25, 0.3) is 0 Å². The number of anilines is 2. The Morgan fingerprint density at radius 1 is 1.50 bits per heavy atom. The Morgan fingerprint density at radius 3 is 3.00 bits per heavy atom. The van der Waals surface area contributed by atoms with Crippen molar-refractivity contribution in [1.29, 1.82) is 0 Å². The van der Waals surface area contributed by atoms with E-state index in [1.54, 1.807) is 6.07 Å². The number of benzene rings is 1. The summed E-state index contributed by atoms with van der Waals surface area (Å²) in [6.07, 6.45) is 0.0895. The fourth-order valence-corrected chi connectivity index (χ4v) is 1.28. The standard InChI is InChI=1S/C8H7FN2O/c9-8-4-3-7(12)11-6(4)2-1-5(8)10/h1-2H,3,10H2,(H,11,12). The van der Waals surface area contributed by atoms with E-state index >= 15 is 0 Å². The summed E-state index contributed by atoms with van der Waals surface area (Å²) in [4.78, 5) is 10.8. The summed E-state index contributed by atoms with van der Waals surface area (Å²) in [5.41, 5.74) is 6.32. The van der Waals surface area contributed by atoms with Crippen LogP contribution in [0.25, 0.3) is 0 Å². The molecule has 62 valence electrons. The molecule has 2 rings (SSSR count). The molecule has 0 aliphatic carbocycles. The van der Waals surface area contributed by atoms with E-state index in [4.69, 9.17) is 5.73 Å². The number of hydrogen-bond acceptors (Lipinski definition) is 2. The molecule has 12 heavy (non-hydrogen) atoms. The zero-order valence-electron chi connectivity index (χ0n) is 6.23. The highest BCUT2D eigenvalue weighted by atomic mass is 19.1. The van der Waals surface area contributed by atoms with Gasteiger partial charge in [0.05, 0.1) is 12.1 Å². The fourth-order valence-electron chi connectivity index (χ4n) is 1.28. The van der Waals surface area contributed by atoms with Crippen LogP contribution < -0.4 is 11.1 Å². The van der Waals surface area contributed by atoms with Gasteiger partial charge in [-0.15, -0.1) is 0 Å². The Balaban J connectivity index is 2.61. The summed E-state index contributed by atoms with van der Waals surface area (Å²) in [6, 6.07) is 3.05. The van der Waals surface area contributed by atoms with Crippen molar-refractivity contribution in [2.45, 2.75) is 6.42 Å². The molecule has 0 bridgehead atoms. The number of carbonyl (C=O) groups excluding carboxylic acids is 1. The first-order valence-corrected chi connectivity index (χ1v) is 3.55. The second kappa shape index (κ2) is 2.20. The molecule has 1 heterocycles. The van der Waals surface area contributed by atoms with Gasteiger partial charge in [0, 0.05) is 11.3 Å². The number of fused-ring (bicyclic) bond motifs is 1. The first kappa shape index (κ1) is 7.09. The first-order valence-electron chi connectivity index (χ1n) is 3.55. The van der Waals surface area contributed by atoms with E-state index in [1.807, 2.05) is 0 Å². The van der Waals surface area contributed by atoms with Crippen molar-refractivity contribution in [3.63, 3.8) is 0 Å². The van der Waals surface area contributed by atoms with E-state index in [9.17, 15) is 9.18 Å². The van der Waals surface area contributed by atoms with Gasteiger partial charge in [-0.3, -0.25) is 4.79 Å². The zero-order chi connectivity index (χ0) is 8.72. The van der Waals surface area contributed by atoms with E-state index in [0.717, 1.165) is 0 Å². The second-order valence-electron chi connectivity index (χ2n) is 2.72. The normalized spacial score (nSPS) is 14.2. The van der Waals surface area contributed by atoms with E-state index in [1.165, 1.54) is 6.07 Å². The number of hydrogen-bond donors (Lipinski definition) is 2. The number of nitrogens with one attached hydrogen (secondary N) is 1. The Morgan fingerprint density at radius 2 is 2.25 bits per heavy atom. The van der Waals surface area contributed by atoms with Gasteiger partial charge in [-0.1, -0.05) is 0 Å². The van der Waals surface area contributed by atoms with Crippen molar-refractivity contribution in [3.05, 3.63) is 23.5 Å². The number of nitrogen functional groups attached to an aromatic ring is 1. The molecule has 0 saturated heterocycles. The number of nitrogens with two attached hydrogens (primary N) is 1. The molecule has 0 radical (unpaired) electrons. The van der Waals surface area contributed by atoms with Gasteiger partial charge < -0.3 is 11.1 Å². The Bertz CT molecular complexity index is 362. The van der Waals surface area contributed by atoms with Crippen LogP contribution in [0.3, 0.4) is 0 Å². The van der Waals surface area contributed by atoms with E-state index in [0.29, 0.717) is 11.3 Å². The highest BCUT2D eigenvalue weighted by molar-refractivity contribution is 5.99. The van der Waals surface area contributed by atoms with E-state index in [-0.39, 0.29) is 18.0 Å². The lowest BCUT2D eigenvalue weighted by Crippen LogP contribution is -2.03. The van der Waals surface area contributed by atoms with Gasteiger partial charge >= 0.3 is 0 Å². The van der Waals surface area contributed by atoms with Crippen molar-refractivity contribution in [2.24, 2.45) is 0 Å². The molecule has 3 N–H and O–H groups in total. The van der Waals surface area contributed by atoms with Crippen LogP contribution in [0.2, 0.25) is 0 Å². The van der Waals surface area contributed by atoms with Gasteiger partial charge in [0.2, 0.25) is 5.91 Å². The largest absolute Gasteiger partial charge is 0.396 e. The summed E-state index contributed by atoms with van der Waals surface area (Å²) in [7, 11) is 0. The lowest BCUT2D eigenvalue weighted by molar-refractivity contribution is -0.115. The summed E-state index contributed by atoms with van der Waals surface area (Å²) in [5, 5.41) is 2.53. The third-order valence-corrected chi connectivity index (χ3v) is 1.88. The maximum absolute atomic E-state index is 13.2. The number of carbonyl (C=O) groups is 1. The summed E-state index contributed by atoms with van der Waals surface area (Å²) >= 11 is 0. The quantitative estimate of drug-likeness (QED) is 0.562. The fraction of sp³-hybridized carbons (Fsp3) is 0.125. The summed E-state index contributed by atoms with van der Waals surface area (Å²) in [6.45, 7) is 0. The minimum Gasteiger partial charge on any atom is -0.396 e. The van der Waals surface area contributed by atoms with Gasteiger partial charge in [-0.05, 0) is 12.1 Å². The molecule has 0 saturated carbocycles. The van der Waals surface area contributed by atoms with Crippen LogP contribution in [0.5, 0.6) is 0 Å². The highest BCUT2D eigenvalue weighted by Crippen LogP contribution is 2.28. The lowest BCUT2D eigenvalue weighted by Gasteiger charge is -2.01. The molecule has 0 atom stereocenters. The summed E-state index contributed by atoms with van der Waals surface area (Å²) in [5.74, 6) is -0.666. The Labute approximate surface area is 68.4 Å². The minimum atomic E-state index is -0.481. The average Bonchev–Trinajstić information content (AvgIpc) is 2.39. The van der Waals surface area contributed by atoms with Crippen LogP contribution >= 0.6 is 0 Å². The third-order valence-electron chi connectivity index (χ3n) is 1.88. The number of halogens is 1. The van der Waals surface area contributed by atoms with Crippen LogP contribution in [-0.4, -0.2) is 5.91 Å². The van der Waals surface area contributed by atoms with Crippen LogP contribution in [0.15, 0.2) is 12.1 Å². The average molecular weight is 166 g/mol. The van der Waals surface area contributed by atoms with Crippen molar-refractivity contribution in [1.82, 2.24) is 0 Å². The molecular formula is C8H7FN2O. The van der Waals surface area contributed by atoms with Crippen LogP contribution in [0.1, 0.15) is 5.56 Å². The maximum Gasteiger partial charge on any atom is 0.228 e. The topological polar surface area (TPSA) is 55.1 Å². The molecule has 1 amide bonds. The molecule has 0 aromatic heterocycles. The van der Waals surface area contributed by atoms with Gasteiger partial charge in [0.15, 0.2) is 5.82 Å². The molecule has 1 aliphatic heterocycles. The molecule has 4 heteroatoms. The van der Waals surface area contributed by atoms with Gasteiger partial charge in [-0.25, -0.2) is 4.39 Å². The van der Waals surface area contributed by atoms with Crippen LogP contribution in [0.4, 0.5) is 15.8 Å². The number of rotatable bonds is 0. The van der Waals surface area contributed by atoms with Crippen molar-refractivity contribution in [3.8, 4) is 0 Å². The van der Waals surface area contributed by atoms with Gasteiger partial charge in [0.1, 0.15) is 0 Å². The Kier molecular flexibility index (Phi) is 1.30. The van der Waals surface area contributed by atoms with Gasteiger partial charge in [-0.2, -0.15) is 0 Å². The lowest BCUT2D eigenvalue weighted by atomic mass is 10.1. The monoisotopic (exact) mass is 166 g/mol. The highest BCUT2D eigenvalue weighted by Gasteiger charge is 2.22. The van der Waals surface area contributed by atoms with E-state index in [2.05, 4.69) is 5.32 Å². The zero-order valence-corrected chi connectivity index (χ0v) is 6.23. The minimum absolute atomic E-state index is 0.0882. The first-order chi connectivity index (χ1) is 5.68. The van der Waals surface area contributed by atoms with Crippen LogP contribution in [0, 0.1) is 5.82 Å². The molecule has 0 fully saturated rings. The predicted octanol–water partition coefficient (Wildman–Crippen LogP) is 0.903. The smallest absolute Gasteiger partial charge is 0.228 e. The second-order valence-corrected chi connectivity index (χ2v) is 2.72. The molecule has 3 nitrogen and oxygen atoms in total. The molecule has 1 aromatic carbocycles. The third kappa shape index (κ3) is 0.845. The summed E-state index contributed by atoms with van der Waals surface area (Å²) < 4.78 is 13.2. The van der Waals surface area contributed by atoms with Crippen molar-refractivity contribution >= 4 is 17.3 Å². The molecule has 0 unspecified atom stereocenters. The van der Waals surface area contributed by atoms with Crippen molar-refractivity contribution < 1.29 is 9.18 Å². The molecule has 1 aromatic rings. The predicted molar refractivity (Wildman–Crippen MR) is 43.1 cm³/mol. The van der Waals surface area contributed by atoms with E-state index < -0.39 is 5.82 Å². The molecule has 1 aliphatic rings. The van der Waals surface area contributed by atoms with Crippen molar-refractivity contribution in [2.75, 3.05) is 11.1 Å². The molecule has 0 spiro atoms.